The number of rotatable bonds is 10. The first-order valence-electron chi connectivity index (χ1n) is 9.89. The number of amides is 1. The average Bonchev–Trinajstić information content (AvgIpc) is 3.37. The molecule has 0 aliphatic carbocycles. The molecular formula is C20H28N4O2S2. The van der Waals surface area contributed by atoms with E-state index in [9.17, 15) is 4.79 Å². The number of unbranched alkanes of at least 4 members (excludes halogenated alkanes) is 1. The van der Waals surface area contributed by atoms with Crippen LogP contribution in [-0.4, -0.2) is 40.6 Å². The highest BCUT2D eigenvalue weighted by Crippen LogP contribution is 2.30. The van der Waals surface area contributed by atoms with Gasteiger partial charge in [0.2, 0.25) is 11.0 Å². The molecule has 0 unspecified atom stereocenters. The van der Waals surface area contributed by atoms with Crippen LogP contribution >= 0.6 is 23.1 Å². The summed E-state index contributed by atoms with van der Waals surface area (Å²) in [5.74, 6) is 0.00729. The number of nitrogens with zero attached hydrogens (tertiary/aromatic N) is 2. The van der Waals surface area contributed by atoms with E-state index in [2.05, 4.69) is 52.0 Å². The first-order valence-corrected chi connectivity index (χ1v) is 11.6. The van der Waals surface area contributed by atoms with E-state index in [1.165, 1.54) is 41.5 Å². The molecule has 1 aliphatic heterocycles. The SMILES string of the molecule is CCCCc1ccc(Nc2nnc(S[C@H](C)C(=O)NC[C@@H]3CCCO3)s2)cc1. The summed E-state index contributed by atoms with van der Waals surface area (Å²) in [4.78, 5) is 12.3. The fourth-order valence-electron chi connectivity index (χ4n) is 2.94. The Hall–Kier alpha value is -1.64. The zero-order chi connectivity index (χ0) is 19.8. The maximum absolute atomic E-state index is 12.3. The fraction of sp³-hybridized carbons (Fsp3) is 0.550. The quantitative estimate of drug-likeness (QED) is 0.555. The molecule has 0 saturated carbocycles. The summed E-state index contributed by atoms with van der Waals surface area (Å²) >= 11 is 2.89. The Morgan fingerprint density at radius 2 is 2.18 bits per heavy atom. The van der Waals surface area contributed by atoms with Gasteiger partial charge < -0.3 is 15.4 Å². The van der Waals surface area contributed by atoms with Crippen molar-refractivity contribution in [2.24, 2.45) is 0 Å². The molecule has 0 spiro atoms. The van der Waals surface area contributed by atoms with Crippen molar-refractivity contribution in [2.45, 2.75) is 61.6 Å². The molecular weight excluding hydrogens is 392 g/mol. The number of ether oxygens (including phenoxy) is 1. The number of aromatic nitrogens is 2. The van der Waals surface area contributed by atoms with Gasteiger partial charge in [0.1, 0.15) is 0 Å². The van der Waals surface area contributed by atoms with E-state index < -0.39 is 0 Å². The Morgan fingerprint density at radius 3 is 2.89 bits per heavy atom. The van der Waals surface area contributed by atoms with Crippen LogP contribution in [0, 0.1) is 0 Å². The highest BCUT2D eigenvalue weighted by Gasteiger charge is 2.20. The number of aryl methyl sites for hydroxylation is 1. The van der Waals surface area contributed by atoms with Crippen molar-refractivity contribution in [3.8, 4) is 0 Å². The molecule has 2 heterocycles. The van der Waals surface area contributed by atoms with Gasteiger partial charge in [-0.3, -0.25) is 4.79 Å². The van der Waals surface area contributed by atoms with Gasteiger partial charge in [-0.1, -0.05) is 48.6 Å². The van der Waals surface area contributed by atoms with Crippen LogP contribution in [0.5, 0.6) is 0 Å². The predicted octanol–water partition coefficient (Wildman–Crippen LogP) is 4.40. The third-order valence-electron chi connectivity index (χ3n) is 4.61. The molecule has 2 N–H and O–H groups in total. The van der Waals surface area contributed by atoms with Crippen LogP contribution in [0.2, 0.25) is 0 Å². The van der Waals surface area contributed by atoms with Crippen LogP contribution in [0.15, 0.2) is 28.6 Å². The minimum Gasteiger partial charge on any atom is -0.376 e. The van der Waals surface area contributed by atoms with Gasteiger partial charge in [0, 0.05) is 18.8 Å². The third kappa shape index (κ3) is 6.46. The lowest BCUT2D eigenvalue weighted by Gasteiger charge is -2.13. The largest absolute Gasteiger partial charge is 0.376 e. The first kappa shape index (κ1) is 21.1. The van der Waals surface area contributed by atoms with E-state index in [-0.39, 0.29) is 17.3 Å². The maximum atomic E-state index is 12.3. The molecule has 1 fully saturated rings. The molecule has 6 nitrogen and oxygen atoms in total. The fourth-order valence-corrected chi connectivity index (χ4v) is 4.88. The van der Waals surface area contributed by atoms with Gasteiger partial charge in [0.15, 0.2) is 4.34 Å². The number of hydrogen-bond acceptors (Lipinski definition) is 7. The second kappa shape index (κ2) is 10.8. The van der Waals surface area contributed by atoms with E-state index in [1.807, 2.05) is 6.92 Å². The summed E-state index contributed by atoms with van der Waals surface area (Å²) in [6.07, 6.45) is 5.79. The van der Waals surface area contributed by atoms with Crippen LogP contribution < -0.4 is 10.6 Å². The Kier molecular flexibility index (Phi) is 8.12. The van der Waals surface area contributed by atoms with E-state index in [0.717, 1.165) is 41.0 Å². The van der Waals surface area contributed by atoms with Gasteiger partial charge in [0.25, 0.3) is 0 Å². The molecule has 8 heteroatoms. The Morgan fingerprint density at radius 1 is 1.36 bits per heavy atom. The highest BCUT2D eigenvalue weighted by molar-refractivity contribution is 8.02. The van der Waals surface area contributed by atoms with Crippen molar-refractivity contribution in [1.82, 2.24) is 15.5 Å². The van der Waals surface area contributed by atoms with Crippen LogP contribution in [-0.2, 0) is 16.0 Å². The summed E-state index contributed by atoms with van der Waals surface area (Å²) in [5.41, 5.74) is 2.35. The minimum atomic E-state index is -0.222. The molecule has 1 aromatic heterocycles. The second-order valence-corrected chi connectivity index (χ2v) is 9.50. The summed E-state index contributed by atoms with van der Waals surface area (Å²) in [6, 6.07) is 8.44. The number of carbonyl (C=O) groups is 1. The standard InChI is InChI=1S/C20H28N4O2S2/c1-3-4-6-15-8-10-16(11-9-15)22-19-23-24-20(28-19)27-14(2)18(25)21-13-17-7-5-12-26-17/h8-11,14,17H,3-7,12-13H2,1-2H3,(H,21,25)(H,22,23)/t14-,17+/m1/s1. The second-order valence-electron chi connectivity index (χ2n) is 6.94. The average molecular weight is 421 g/mol. The van der Waals surface area contributed by atoms with Gasteiger partial charge in [-0.15, -0.1) is 10.2 Å². The molecule has 1 aromatic carbocycles. The van der Waals surface area contributed by atoms with E-state index in [4.69, 9.17) is 4.74 Å². The Labute approximate surface area is 174 Å². The van der Waals surface area contributed by atoms with E-state index >= 15 is 0 Å². The number of nitrogens with one attached hydrogen (secondary N) is 2. The molecule has 152 valence electrons. The van der Waals surface area contributed by atoms with Gasteiger partial charge in [0.05, 0.1) is 11.4 Å². The summed E-state index contributed by atoms with van der Waals surface area (Å²) in [7, 11) is 0. The number of anilines is 2. The summed E-state index contributed by atoms with van der Waals surface area (Å²) in [5, 5.41) is 15.1. The van der Waals surface area contributed by atoms with Gasteiger partial charge >= 0.3 is 0 Å². The summed E-state index contributed by atoms with van der Waals surface area (Å²) in [6.45, 7) is 5.47. The smallest absolute Gasteiger partial charge is 0.233 e. The van der Waals surface area contributed by atoms with Crippen molar-refractivity contribution < 1.29 is 9.53 Å². The topological polar surface area (TPSA) is 76.1 Å². The molecule has 2 atom stereocenters. The Balaban J connectivity index is 1.45. The molecule has 3 rings (SSSR count). The van der Waals surface area contributed by atoms with E-state index in [0.29, 0.717) is 6.54 Å². The molecule has 0 bridgehead atoms. The zero-order valence-electron chi connectivity index (χ0n) is 16.4. The number of benzene rings is 1. The first-order chi connectivity index (χ1) is 13.6. The molecule has 28 heavy (non-hydrogen) atoms. The third-order valence-corrected chi connectivity index (χ3v) is 6.63. The van der Waals surface area contributed by atoms with Crippen LogP contribution in [0.1, 0.15) is 45.1 Å². The Bertz CT molecular complexity index is 745. The van der Waals surface area contributed by atoms with Gasteiger partial charge in [-0.05, 0) is 50.3 Å². The van der Waals surface area contributed by atoms with Gasteiger partial charge in [-0.2, -0.15) is 0 Å². The molecule has 1 aliphatic rings. The van der Waals surface area contributed by atoms with Gasteiger partial charge in [-0.25, -0.2) is 0 Å². The van der Waals surface area contributed by atoms with E-state index in [1.54, 1.807) is 0 Å². The number of hydrogen-bond donors (Lipinski definition) is 2. The minimum absolute atomic E-state index is 0.00729. The highest BCUT2D eigenvalue weighted by atomic mass is 32.2. The molecule has 1 amide bonds. The lowest BCUT2D eigenvalue weighted by molar-refractivity contribution is -0.120. The van der Waals surface area contributed by atoms with Crippen LogP contribution in [0.4, 0.5) is 10.8 Å². The lowest BCUT2D eigenvalue weighted by Crippen LogP contribution is -2.36. The van der Waals surface area contributed by atoms with Crippen molar-refractivity contribution >= 4 is 39.8 Å². The normalized spacial score (nSPS) is 17.4. The molecule has 0 radical (unpaired) electrons. The van der Waals surface area contributed by atoms with Crippen molar-refractivity contribution in [3.63, 3.8) is 0 Å². The van der Waals surface area contributed by atoms with Crippen molar-refractivity contribution in [1.29, 1.82) is 0 Å². The maximum Gasteiger partial charge on any atom is 0.233 e. The van der Waals surface area contributed by atoms with Crippen LogP contribution in [0.25, 0.3) is 0 Å². The molecule has 1 saturated heterocycles. The van der Waals surface area contributed by atoms with Crippen molar-refractivity contribution in [3.05, 3.63) is 29.8 Å². The van der Waals surface area contributed by atoms with Crippen LogP contribution in [0.3, 0.4) is 0 Å². The number of thioether (sulfide) groups is 1. The number of carbonyl (C=O) groups excluding carboxylic acids is 1. The predicted molar refractivity (Wildman–Crippen MR) is 116 cm³/mol. The molecule has 2 aromatic rings. The zero-order valence-corrected chi connectivity index (χ0v) is 18.1. The van der Waals surface area contributed by atoms with Crippen molar-refractivity contribution in [2.75, 3.05) is 18.5 Å². The lowest BCUT2D eigenvalue weighted by atomic mass is 10.1. The monoisotopic (exact) mass is 420 g/mol. The summed E-state index contributed by atoms with van der Waals surface area (Å²) < 4.78 is 6.32.